The van der Waals surface area contributed by atoms with Crippen molar-refractivity contribution in [3.8, 4) is 0 Å². The molecule has 0 bridgehead atoms. The molecule has 0 spiro atoms. The van der Waals surface area contributed by atoms with Crippen LogP contribution in [0.25, 0.3) is 0 Å². The van der Waals surface area contributed by atoms with Crippen molar-refractivity contribution in [1.82, 2.24) is 15.6 Å². The van der Waals surface area contributed by atoms with E-state index in [9.17, 15) is 4.79 Å². The summed E-state index contributed by atoms with van der Waals surface area (Å²) < 4.78 is 0. The predicted molar refractivity (Wildman–Crippen MR) is 89.1 cm³/mol. The second-order valence-corrected chi connectivity index (χ2v) is 6.59. The molecule has 0 unspecified atom stereocenters. The van der Waals surface area contributed by atoms with Crippen LogP contribution >= 0.6 is 23.4 Å². The van der Waals surface area contributed by atoms with Crippen molar-refractivity contribution in [2.45, 2.75) is 23.9 Å². The van der Waals surface area contributed by atoms with E-state index in [1.54, 1.807) is 18.0 Å². The zero-order valence-electron chi connectivity index (χ0n) is 11.9. The Hall–Kier alpha value is -1.72. The lowest BCUT2D eigenvalue weighted by atomic mass is 10.0. The molecule has 1 aromatic carbocycles. The van der Waals surface area contributed by atoms with Gasteiger partial charge in [0.25, 0.3) is 0 Å². The number of pyridine rings is 1. The molecule has 0 saturated heterocycles. The average Bonchev–Trinajstić information content (AvgIpc) is 2.54. The van der Waals surface area contributed by atoms with Crippen LogP contribution in [0.15, 0.2) is 47.5 Å². The Labute approximate surface area is 138 Å². The van der Waals surface area contributed by atoms with E-state index in [1.807, 2.05) is 36.4 Å². The maximum atomic E-state index is 12.1. The number of carbonyl (C=O) groups is 1. The molecule has 0 saturated carbocycles. The number of nitrogens with zero attached hydrogens (tertiary/aromatic N) is 1. The van der Waals surface area contributed by atoms with Crippen LogP contribution in [-0.2, 0) is 6.54 Å². The summed E-state index contributed by atoms with van der Waals surface area (Å²) in [5.41, 5.74) is 1.93. The maximum Gasteiger partial charge on any atom is 0.315 e. The minimum absolute atomic E-state index is 0.00122. The van der Waals surface area contributed by atoms with Gasteiger partial charge in [0, 0.05) is 21.9 Å². The summed E-state index contributed by atoms with van der Waals surface area (Å²) in [6.07, 6.45) is 2.61. The summed E-state index contributed by atoms with van der Waals surface area (Å²) in [6.45, 7) is 0.413. The topological polar surface area (TPSA) is 54.0 Å². The predicted octanol–water partition coefficient (Wildman–Crippen LogP) is 3.77. The number of amides is 2. The van der Waals surface area contributed by atoms with Gasteiger partial charge in [0.2, 0.25) is 0 Å². The third-order valence-electron chi connectivity index (χ3n) is 3.47. The molecule has 0 aliphatic carbocycles. The lowest BCUT2D eigenvalue weighted by molar-refractivity contribution is 0.236. The first kappa shape index (κ1) is 15.2. The average molecular weight is 334 g/mol. The number of thioether (sulfide) groups is 1. The number of nitrogens with one attached hydrogen (secondary N) is 2. The number of urea groups is 1. The molecule has 6 heteroatoms. The van der Waals surface area contributed by atoms with E-state index >= 15 is 0 Å². The lowest BCUT2D eigenvalue weighted by Crippen LogP contribution is -2.38. The number of hydrogen-bond donors (Lipinski definition) is 2. The van der Waals surface area contributed by atoms with Gasteiger partial charge in [-0.2, -0.15) is 0 Å². The van der Waals surface area contributed by atoms with Crippen molar-refractivity contribution in [2.24, 2.45) is 0 Å². The molecule has 3 rings (SSSR count). The van der Waals surface area contributed by atoms with Crippen molar-refractivity contribution >= 4 is 29.4 Å². The first-order valence-electron chi connectivity index (χ1n) is 7.09. The van der Waals surface area contributed by atoms with E-state index in [-0.39, 0.29) is 12.1 Å². The summed E-state index contributed by atoms with van der Waals surface area (Å²) >= 11 is 7.87. The van der Waals surface area contributed by atoms with E-state index in [4.69, 9.17) is 11.6 Å². The van der Waals surface area contributed by atoms with Gasteiger partial charge in [-0.3, -0.25) is 4.98 Å². The fraction of sp³-hybridized carbons (Fsp3) is 0.250. The van der Waals surface area contributed by atoms with E-state index in [2.05, 4.69) is 15.6 Å². The zero-order chi connectivity index (χ0) is 15.4. The van der Waals surface area contributed by atoms with Crippen molar-refractivity contribution in [3.63, 3.8) is 0 Å². The second kappa shape index (κ2) is 7.03. The van der Waals surface area contributed by atoms with Crippen LogP contribution in [0.5, 0.6) is 0 Å². The Morgan fingerprint density at radius 2 is 2.27 bits per heavy atom. The SMILES string of the molecule is O=C(NCc1ccccn1)N[C@H]1CCSc2ccc(Cl)cc21. The number of fused-ring (bicyclic) bond motifs is 1. The van der Waals surface area contributed by atoms with Gasteiger partial charge in [0.05, 0.1) is 18.3 Å². The van der Waals surface area contributed by atoms with Crippen LogP contribution in [0.3, 0.4) is 0 Å². The molecule has 1 aliphatic rings. The van der Waals surface area contributed by atoms with E-state index in [0.29, 0.717) is 11.6 Å². The highest BCUT2D eigenvalue weighted by Gasteiger charge is 2.22. The van der Waals surface area contributed by atoms with Crippen LogP contribution in [0.4, 0.5) is 4.79 Å². The molecule has 22 heavy (non-hydrogen) atoms. The lowest BCUT2D eigenvalue weighted by Gasteiger charge is -2.26. The molecule has 1 aromatic heterocycles. The van der Waals surface area contributed by atoms with Crippen molar-refractivity contribution in [3.05, 3.63) is 58.9 Å². The number of carbonyl (C=O) groups excluding carboxylic acids is 1. The van der Waals surface area contributed by atoms with E-state index < -0.39 is 0 Å². The minimum atomic E-state index is -0.187. The molecule has 2 heterocycles. The van der Waals surface area contributed by atoms with Gasteiger partial charge in [-0.1, -0.05) is 17.7 Å². The van der Waals surface area contributed by atoms with Gasteiger partial charge < -0.3 is 10.6 Å². The Morgan fingerprint density at radius 3 is 3.09 bits per heavy atom. The third kappa shape index (κ3) is 3.72. The smallest absolute Gasteiger partial charge is 0.315 e. The number of aromatic nitrogens is 1. The summed E-state index contributed by atoms with van der Waals surface area (Å²) in [4.78, 5) is 17.5. The maximum absolute atomic E-state index is 12.1. The van der Waals surface area contributed by atoms with Crippen molar-refractivity contribution in [2.75, 3.05) is 5.75 Å². The van der Waals surface area contributed by atoms with Gasteiger partial charge in [0.1, 0.15) is 0 Å². The first-order chi connectivity index (χ1) is 10.7. The molecular formula is C16H16ClN3OS. The molecule has 1 atom stereocenters. The number of rotatable bonds is 3. The van der Waals surface area contributed by atoms with Crippen LogP contribution in [0.2, 0.25) is 5.02 Å². The van der Waals surface area contributed by atoms with Gasteiger partial charge in [-0.05, 0) is 42.3 Å². The van der Waals surface area contributed by atoms with Crippen LogP contribution in [0, 0.1) is 0 Å². The summed E-state index contributed by atoms with van der Waals surface area (Å²) in [7, 11) is 0. The quantitative estimate of drug-likeness (QED) is 0.899. The second-order valence-electron chi connectivity index (χ2n) is 5.02. The van der Waals surface area contributed by atoms with Gasteiger partial charge in [0.15, 0.2) is 0 Å². The van der Waals surface area contributed by atoms with Gasteiger partial charge in [-0.25, -0.2) is 4.79 Å². The van der Waals surface area contributed by atoms with Gasteiger partial charge >= 0.3 is 6.03 Å². The summed E-state index contributed by atoms with van der Waals surface area (Å²) in [5.74, 6) is 0.986. The van der Waals surface area contributed by atoms with E-state index in [1.165, 1.54) is 4.90 Å². The fourth-order valence-electron chi connectivity index (χ4n) is 2.40. The Bertz CT molecular complexity index is 666. The third-order valence-corrected chi connectivity index (χ3v) is 4.83. The highest BCUT2D eigenvalue weighted by Crippen LogP contribution is 2.37. The van der Waals surface area contributed by atoms with Gasteiger partial charge in [-0.15, -0.1) is 11.8 Å². The molecule has 2 amide bonds. The number of halogens is 1. The van der Waals surface area contributed by atoms with E-state index in [0.717, 1.165) is 23.4 Å². The molecule has 0 radical (unpaired) electrons. The van der Waals surface area contributed by atoms with Crippen LogP contribution < -0.4 is 10.6 Å². The number of benzene rings is 1. The Balaban J connectivity index is 1.62. The molecule has 1 aliphatic heterocycles. The first-order valence-corrected chi connectivity index (χ1v) is 8.45. The molecule has 114 valence electrons. The molecule has 4 nitrogen and oxygen atoms in total. The number of hydrogen-bond acceptors (Lipinski definition) is 3. The zero-order valence-corrected chi connectivity index (χ0v) is 13.5. The van der Waals surface area contributed by atoms with Crippen LogP contribution in [0.1, 0.15) is 23.7 Å². The van der Waals surface area contributed by atoms with Crippen molar-refractivity contribution < 1.29 is 4.79 Å². The normalized spacial score (nSPS) is 16.7. The standard InChI is InChI=1S/C16H16ClN3OS/c17-11-4-5-15-13(9-11)14(6-8-22-15)20-16(21)19-10-12-3-1-2-7-18-12/h1-5,7,9,14H,6,8,10H2,(H2,19,20,21)/t14-/m0/s1. The van der Waals surface area contributed by atoms with Crippen molar-refractivity contribution in [1.29, 1.82) is 0 Å². The monoisotopic (exact) mass is 333 g/mol. The Morgan fingerprint density at radius 1 is 1.36 bits per heavy atom. The molecule has 2 N–H and O–H groups in total. The van der Waals surface area contributed by atoms with Crippen LogP contribution in [-0.4, -0.2) is 16.8 Å². The summed E-state index contributed by atoms with van der Waals surface area (Å²) in [5, 5.41) is 6.56. The highest BCUT2D eigenvalue weighted by molar-refractivity contribution is 7.99. The molecule has 2 aromatic rings. The summed E-state index contributed by atoms with van der Waals surface area (Å²) in [6, 6.07) is 11.3. The minimum Gasteiger partial charge on any atom is -0.332 e. The highest BCUT2D eigenvalue weighted by atomic mass is 35.5. The Kier molecular flexibility index (Phi) is 4.85. The molecular weight excluding hydrogens is 318 g/mol. The largest absolute Gasteiger partial charge is 0.332 e. The molecule has 0 fully saturated rings. The fourth-order valence-corrected chi connectivity index (χ4v) is 3.68.